The molecule has 5 heteroatoms. The van der Waals surface area contributed by atoms with Crippen LogP contribution in [0.2, 0.25) is 0 Å². The van der Waals surface area contributed by atoms with Crippen LogP contribution in [0, 0.1) is 6.92 Å². The number of hydrogen-bond acceptors (Lipinski definition) is 2. The number of benzene rings is 1. The Hall–Kier alpha value is -1.52. The third-order valence-electron chi connectivity index (χ3n) is 3.40. The summed E-state index contributed by atoms with van der Waals surface area (Å²) in [7, 11) is 0. The Morgan fingerprint density at radius 1 is 1.37 bits per heavy atom. The number of aromatic nitrogens is 1. The number of rotatable bonds is 2. The largest absolute Gasteiger partial charge is 0.359 e. The van der Waals surface area contributed by atoms with Gasteiger partial charge in [0.15, 0.2) is 0 Å². The Labute approximate surface area is 118 Å². The summed E-state index contributed by atoms with van der Waals surface area (Å²) < 4.78 is 0. The van der Waals surface area contributed by atoms with Crippen molar-refractivity contribution >= 4 is 34.9 Å². The second-order valence-electron chi connectivity index (χ2n) is 4.89. The summed E-state index contributed by atoms with van der Waals surface area (Å²) in [6.07, 6.45) is 2.01. The first-order valence-corrected chi connectivity index (χ1v) is 6.36. The topological polar surface area (TPSA) is 56.9 Å². The van der Waals surface area contributed by atoms with Crippen molar-refractivity contribution in [3.8, 4) is 0 Å². The molecule has 0 aliphatic carbocycles. The number of carbonyl (C=O) groups is 1. The molecule has 1 saturated heterocycles. The van der Waals surface area contributed by atoms with Crippen molar-refractivity contribution in [3.05, 3.63) is 30.0 Å². The van der Waals surface area contributed by atoms with Crippen molar-refractivity contribution in [3.63, 3.8) is 0 Å². The number of halogens is 1. The molecule has 0 spiro atoms. The maximum absolute atomic E-state index is 12.0. The molecule has 0 radical (unpaired) electrons. The normalized spacial score (nSPS) is 18.3. The Morgan fingerprint density at radius 2 is 2.21 bits per heavy atom. The lowest BCUT2D eigenvalue weighted by Crippen LogP contribution is -2.35. The summed E-state index contributed by atoms with van der Waals surface area (Å²) in [5.41, 5.74) is 3.09. The van der Waals surface area contributed by atoms with E-state index in [0.717, 1.165) is 41.7 Å². The number of hydrogen-bond donors (Lipinski definition) is 3. The summed E-state index contributed by atoms with van der Waals surface area (Å²) >= 11 is 0. The molecule has 102 valence electrons. The monoisotopic (exact) mass is 279 g/mol. The van der Waals surface area contributed by atoms with E-state index < -0.39 is 0 Å². The van der Waals surface area contributed by atoms with E-state index >= 15 is 0 Å². The molecule has 0 saturated carbocycles. The molecule has 3 N–H and O–H groups in total. The van der Waals surface area contributed by atoms with Gasteiger partial charge in [-0.05, 0) is 50.6 Å². The van der Waals surface area contributed by atoms with Crippen LogP contribution in [0.3, 0.4) is 0 Å². The fourth-order valence-corrected chi connectivity index (χ4v) is 2.49. The van der Waals surface area contributed by atoms with E-state index in [4.69, 9.17) is 0 Å². The predicted octanol–water partition coefficient (Wildman–Crippen LogP) is 2.59. The fraction of sp³-hybridized carbons (Fsp3) is 0.357. The molecule has 1 aromatic heterocycles. The molecule has 4 nitrogen and oxygen atoms in total. The average molecular weight is 280 g/mol. The molecule has 1 unspecified atom stereocenters. The highest BCUT2D eigenvalue weighted by molar-refractivity contribution is 5.97. The van der Waals surface area contributed by atoms with Crippen LogP contribution in [-0.4, -0.2) is 23.5 Å². The van der Waals surface area contributed by atoms with Crippen molar-refractivity contribution in [2.24, 2.45) is 0 Å². The molecular formula is C14H18ClN3O. The molecule has 1 aliphatic heterocycles. The van der Waals surface area contributed by atoms with Crippen LogP contribution in [0.25, 0.3) is 10.9 Å². The second kappa shape index (κ2) is 5.63. The van der Waals surface area contributed by atoms with Gasteiger partial charge in [-0.2, -0.15) is 0 Å². The van der Waals surface area contributed by atoms with Crippen LogP contribution in [0.5, 0.6) is 0 Å². The van der Waals surface area contributed by atoms with Gasteiger partial charge in [0, 0.05) is 22.3 Å². The molecule has 1 aliphatic rings. The van der Waals surface area contributed by atoms with E-state index in [9.17, 15) is 4.79 Å². The van der Waals surface area contributed by atoms with E-state index in [-0.39, 0.29) is 24.4 Å². The van der Waals surface area contributed by atoms with Gasteiger partial charge >= 0.3 is 0 Å². The lowest BCUT2D eigenvalue weighted by Gasteiger charge is -2.11. The first-order chi connectivity index (χ1) is 8.72. The maximum atomic E-state index is 12.0. The first kappa shape index (κ1) is 13.9. The Kier molecular flexibility index (Phi) is 4.12. The van der Waals surface area contributed by atoms with Gasteiger partial charge in [-0.15, -0.1) is 12.4 Å². The number of amides is 1. The van der Waals surface area contributed by atoms with Crippen LogP contribution in [0.1, 0.15) is 18.5 Å². The number of aryl methyl sites for hydroxylation is 1. The average Bonchev–Trinajstić information content (AvgIpc) is 2.95. The number of carbonyl (C=O) groups excluding carboxylic acids is 1. The molecule has 1 aromatic carbocycles. The van der Waals surface area contributed by atoms with Crippen LogP contribution >= 0.6 is 12.4 Å². The van der Waals surface area contributed by atoms with E-state index in [2.05, 4.69) is 21.7 Å². The third kappa shape index (κ3) is 2.91. The summed E-state index contributed by atoms with van der Waals surface area (Å²) in [6.45, 7) is 2.97. The van der Waals surface area contributed by atoms with Gasteiger partial charge < -0.3 is 15.6 Å². The van der Waals surface area contributed by atoms with Crippen molar-refractivity contribution < 1.29 is 4.79 Å². The number of aromatic amines is 1. The summed E-state index contributed by atoms with van der Waals surface area (Å²) in [6, 6.07) is 7.99. The van der Waals surface area contributed by atoms with Gasteiger partial charge in [0.1, 0.15) is 0 Å². The zero-order valence-electron chi connectivity index (χ0n) is 10.8. The van der Waals surface area contributed by atoms with Gasteiger partial charge in [-0.25, -0.2) is 0 Å². The molecular weight excluding hydrogens is 262 g/mol. The highest BCUT2D eigenvalue weighted by Crippen LogP contribution is 2.20. The van der Waals surface area contributed by atoms with Gasteiger partial charge in [0.2, 0.25) is 5.91 Å². The quantitative estimate of drug-likeness (QED) is 0.791. The molecule has 2 aromatic rings. The van der Waals surface area contributed by atoms with Crippen molar-refractivity contribution in [2.75, 3.05) is 11.9 Å². The predicted molar refractivity (Wildman–Crippen MR) is 79.9 cm³/mol. The van der Waals surface area contributed by atoms with E-state index in [0.29, 0.717) is 0 Å². The summed E-state index contributed by atoms with van der Waals surface area (Å²) in [5, 5.41) is 7.30. The molecule has 2 heterocycles. The maximum Gasteiger partial charge on any atom is 0.241 e. The number of anilines is 1. The van der Waals surface area contributed by atoms with E-state index in [1.54, 1.807) is 0 Å². The van der Waals surface area contributed by atoms with Gasteiger partial charge in [-0.1, -0.05) is 0 Å². The molecule has 0 bridgehead atoms. The highest BCUT2D eigenvalue weighted by atomic mass is 35.5. The third-order valence-corrected chi connectivity index (χ3v) is 3.40. The number of fused-ring (bicyclic) bond motifs is 1. The SMILES string of the molecule is Cc1cc2cc(NC(=O)C3CCCN3)ccc2[nH]1.Cl. The zero-order valence-corrected chi connectivity index (χ0v) is 11.6. The van der Waals surface area contributed by atoms with Crippen molar-refractivity contribution in [1.82, 2.24) is 10.3 Å². The molecule has 3 rings (SSSR count). The van der Waals surface area contributed by atoms with E-state index in [1.165, 1.54) is 0 Å². The minimum atomic E-state index is -0.0337. The molecule has 1 fully saturated rings. The number of nitrogens with one attached hydrogen (secondary N) is 3. The van der Waals surface area contributed by atoms with Crippen LogP contribution < -0.4 is 10.6 Å². The lowest BCUT2D eigenvalue weighted by atomic mass is 10.2. The van der Waals surface area contributed by atoms with Gasteiger partial charge in [0.25, 0.3) is 0 Å². The molecule has 1 atom stereocenters. The minimum Gasteiger partial charge on any atom is -0.359 e. The lowest BCUT2D eigenvalue weighted by molar-refractivity contribution is -0.117. The number of H-pyrrole nitrogens is 1. The Morgan fingerprint density at radius 3 is 2.95 bits per heavy atom. The van der Waals surface area contributed by atoms with E-state index in [1.807, 2.05) is 25.1 Å². The van der Waals surface area contributed by atoms with Crippen molar-refractivity contribution in [1.29, 1.82) is 0 Å². The second-order valence-corrected chi connectivity index (χ2v) is 4.89. The standard InChI is InChI=1S/C14H17N3O.ClH/c1-9-7-10-8-11(4-5-12(10)16-9)17-14(18)13-3-2-6-15-13;/h4-5,7-8,13,15-16H,2-3,6H2,1H3,(H,17,18);1H. The summed E-state index contributed by atoms with van der Waals surface area (Å²) in [5.74, 6) is 0.0686. The van der Waals surface area contributed by atoms with Crippen LogP contribution in [0.4, 0.5) is 5.69 Å². The van der Waals surface area contributed by atoms with Gasteiger partial charge in [0.05, 0.1) is 6.04 Å². The van der Waals surface area contributed by atoms with Crippen molar-refractivity contribution in [2.45, 2.75) is 25.8 Å². The van der Waals surface area contributed by atoms with Crippen LogP contribution in [0.15, 0.2) is 24.3 Å². The zero-order chi connectivity index (χ0) is 12.5. The minimum absolute atomic E-state index is 0. The smallest absolute Gasteiger partial charge is 0.241 e. The molecule has 1 amide bonds. The van der Waals surface area contributed by atoms with Crippen LogP contribution in [-0.2, 0) is 4.79 Å². The molecule has 19 heavy (non-hydrogen) atoms. The highest BCUT2D eigenvalue weighted by Gasteiger charge is 2.21. The Balaban J connectivity index is 0.00000133. The Bertz CT molecular complexity index is 587. The first-order valence-electron chi connectivity index (χ1n) is 6.36. The van der Waals surface area contributed by atoms with Gasteiger partial charge in [-0.3, -0.25) is 4.79 Å². The summed E-state index contributed by atoms with van der Waals surface area (Å²) in [4.78, 5) is 15.2. The fourth-order valence-electron chi connectivity index (χ4n) is 2.49.